The molecule has 19 heavy (non-hydrogen) atoms. The predicted molar refractivity (Wildman–Crippen MR) is 69.9 cm³/mol. The average Bonchev–Trinajstić information content (AvgIpc) is 2.17. The second-order valence-electron chi connectivity index (χ2n) is 5.61. The van der Waals surface area contributed by atoms with Gasteiger partial charge in [0.1, 0.15) is 0 Å². The second-order valence-corrected chi connectivity index (χ2v) is 5.61. The van der Waals surface area contributed by atoms with Crippen LogP contribution in [0.5, 0.6) is 0 Å². The van der Waals surface area contributed by atoms with Crippen molar-refractivity contribution >= 4 is 11.4 Å². The van der Waals surface area contributed by atoms with Gasteiger partial charge in [-0.2, -0.15) is 13.2 Å². The van der Waals surface area contributed by atoms with Gasteiger partial charge in [-0.25, -0.2) is 0 Å². The lowest BCUT2D eigenvalue weighted by atomic mass is 9.85. The summed E-state index contributed by atoms with van der Waals surface area (Å²) >= 11 is 0. The Morgan fingerprint density at radius 3 is 2.05 bits per heavy atom. The van der Waals surface area contributed by atoms with Gasteiger partial charge in [0.15, 0.2) is 0 Å². The van der Waals surface area contributed by atoms with Crippen molar-refractivity contribution in [2.24, 2.45) is 0 Å². The first-order valence-corrected chi connectivity index (χ1v) is 5.82. The fourth-order valence-corrected chi connectivity index (χ4v) is 1.40. The SMILES string of the molecule is CC(C)(O)C(C)(C)Nc1ccc(N)cc1C(F)(F)F. The van der Waals surface area contributed by atoms with E-state index in [1.807, 2.05) is 0 Å². The number of aliphatic hydroxyl groups is 1. The zero-order valence-corrected chi connectivity index (χ0v) is 11.4. The van der Waals surface area contributed by atoms with Crippen molar-refractivity contribution in [2.45, 2.75) is 45.0 Å². The van der Waals surface area contributed by atoms with E-state index in [0.29, 0.717) is 0 Å². The van der Waals surface area contributed by atoms with E-state index in [1.165, 1.54) is 26.0 Å². The topological polar surface area (TPSA) is 58.3 Å². The highest BCUT2D eigenvalue weighted by Crippen LogP contribution is 2.38. The van der Waals surface area contributed by atoms with Gasteiger partial charge in [0.25, 0.3) is 0 Å². The van der Waals surface area contributed by atoms with Crippen LogP contribution in [0.1, 0.15) is 33.3 Å². The van der Waals surface area contributed by atoms with Crippen LogP contribution in [0.3, 0.4) is 0 Å². The van der Waals surface area contributed by atoms with E-state index in [-0.39, 0.29) is 11.4 Å². The van der Waals surface area contributed by atoms with Gasteiger partial charge in [0.05, 0.1) is 16.7 Å². The van der Waals surface area contributed by atoms with E-state index in [9.17, 15) is 18.3 Å². The van der Waals surface area contributed by atoms with Gasteiger partial charge in [-0.05, 0) is 45.9 Å². The number of anilines is 2. The molecule has 108 valence electrons. The Morgan fingerprint density at radius 1 is 1.11 bits per heavy atom. The molecule has 0 saturated heterocycles. The summed E-state index contributed by atoms with van der Waals surface area (Å²) in [4.78, 5) is 0. The Morgan fingerprint density at radius 2 is 1.63 bits per heavy atom. The number of halogens is 3. The maximum Gasteiger partial charge on any atom is 0.418 e. The molecule has 3 nitrogen and oxygen atoms in total. The van der Waals surface area contributed by atoms with E-state index in [2.05, 4.69) is 5.32 Å². The van der Waals surface area contributed by atoms with Crippen molar-refractivity contribution in [3.8, 4) is 0 Å². The molecule has 6 heteroatoms. The van der Waals surface area contributed by atoms with Crippen LogP contribution < -0.4 is 11.1 Å². The summed E-state index contributed by atoms with van der Waals surface area (Å²) in [6.45, 7) is 6.32. The molecule has 0 aliphatic rings. The first-order valence-electron chi connectivity index (χ1n) is 5.82. The van der Waals surface area contributed by atoms with Crippen LogP contribution in [-0.2, 0) is 6.18 Å². The molecule has 0 aliphatic carbocycles. The third-order valence-electron chi connectivity index (χ3n) is 3.33. The molecule has 0 atom stereocenters. The molecule has 0 spiro atoms. The lowest BCUT2D eigenvalue weighted by Crippen LogP contribution is -2.51. The van der Waals surface area contributed by atoms with Crippen LogP contribution in [0.15, 0.2) is 18.2 Å². The third-order valence-corrected chi connectivity index (χ3v) is 3.33. The van der Waals surface area contributed by atoms with Crippen LogP contribution in [0.4, 0.5) is 24.5 Å². The fourth-order valence-electron chi connectivity index (χ4n) is 1.40. The quantitative estimate of drug-likeness (QED) is 0.743. The molecule has 0 bridgehead atoms. The van der Waals surface area contributed by atoms with Crippen molar-refractivity contribution in [3.63, 3.8) is 0 Å². The minimum Gasteiger partial charge on any atom is -0.399 e. The largest absolute Gasteiger partial charge is 0.418 e. The van der Waals surface area contributed by atoms with Gasteiger partial charge < -0.3 is 16.2 Å². The van der Waals surface area contributed by atoms with E-state index < -0.39 is 22.9 Å². The zero-order chi connectivity index (χ0) is 15.1. The number of nitrogen functional groups attached to an aromatic ring is 1. The molecule has 0 saturated carbocycles. The van der Waals surface area contributed by atoms with Gasteiger partial charge in [0, 0.05) is 11.4 Å². The molecule has 1 aromatic carbocycles. The predicted octanol–water partition coefficient (Wildman–Crippen LogP) is 3.25. The van der Waals surface area contributed by atoms with Gasteiger partial charge >= 0.3 is 6.18 Å². The minimum atomic E-state index is -4.51. The van der Waals surface area contributed by atoms with Gasteiger partial charge in [0.2, 0.25) is 0 Å². The molecule has 0 unspecified atom stereocenters. The molecule has 0 amide bonds. The van der Waals surface area contributed by atoms with E-state index in [0.717, 1.165) is 6.07 Å². The van der Waals surface area contributed by atoms with Crippen molar-refractivity contribution in [1.29, 1.82) is 0 Å². The van der Waals surface area contributed by atoms with Gasteiger partial charge in [-0.3, -0.25) is 0 Å². The Bertz CT molecular complexity index is 462. The van der Waals surface area contributed by atoms with Crippen LogP contribution in [0.2, 0.25) is 0 Å². The molecule has 1 rings (SSSR count). The smallest absolute Gasteiger partial charge is 0.399 e. The normalized spacial score (nSPS) is 13.5. The number of hydrogen-bond acceptors (Lipinski definition) is 3. The first-order chi connectivity index (χ1) is 8.34. The Balaban J connectivity index is 3.23. The second kappa shape index (κ2) is 4.59. The number of hydrogen-bond donors (Lipinski definition) is 3. The summed E-state index contributed by atoms with van der Waals surface area (Å²) in [5, 5.41) is 12.7. The average molecular weight is 276 g/mol. The Hall–Kier alpha value is -1.43. The number of nitrogens with two attached hydrogens (primary N) is 1. The van der Waals surface area contributed by atoms with E-state index in [1.54, 1.807) is 13.8 Å². The van der Waals surface area contributed by atoms with Gasteiger partial charge in [-0.1, -0.05) is 0 Å². The van der Waals surface area contributed by atoms with E-state index in [4.69, 9.17) is 5.73 Å². The highest BCUT2D eigenvalue weighted by molar-refractivity contribution is 5.60. The molecular formula is C13H19F3N2O. The highest BCUT2D eigenvalue weighted by atomic mass is 19.4. The third kappa shape index (κ3) is 3.53. The first kappa shape index (κ1) is 15.6. The maximum atomic E-state index is 12.9. The molecule has 0 radical (unpaired) electrons. The number of benzene rings is 1. The number of rotatable bonds is 3. The summed E-state index contributed by atoms with van der Waals surface area (Å²) in [6, 6.07) is 3.53. The van der Waals surface area contributed by atoms with Crippen LogP contribution in [-0.4, -0.2) is 16.2 Å². The number of alkyl halides is 3. The Kier molecular flexibility index (Phi) is 3.78. The minimum absolute atomic E-state index is 0.0407. The molecule has 4 N–H and O–H groups in total. The Labute approximate surface area is 110 Å². The standard InChI is InChI=1S/C13H19F3N2O/c1-11(2,12(3,4)19)18-10-6-5-8(17)7-9(10)13(14,15)16/h5-7,18-19H,17H2,1-4H3. The van der Waals surface area contributed by atoms with Crippen LogP contribution >= 0.6 is 0 Å². The van der Waals surface area contributed by atoms with Crippen LogP contribution in [0.25, 0.3) is 0 Å². The van der Waals surface area contributed by atoms with Crippen molar-refractivity contribution in [2.75, 3.05) is 11.1 Å². The number of nitrogens with one attached hydrogen (secondary N) is 1. The van der Waals surface area contributed by atoms with Crippen molar-refractivity contribution < 1.29 is 18.3 Å². The fraction of sp³-hybridized carbons (Fsp3) is 0.538. The lowest BCUT2D eigenvalue weighted by molar-refractivity contribution is -0.137. The molecule has 0 aliphatic heterocycles. The molecule has 1 aromatic rings. The molecule has 0 aromatic heterocycles. The molecule has 0 heterocycles. The summed E-state index contributed by atoms with van der Waals surface area (Å²) in [5.41, 5.74) is 2.35. The summed E-state index contributed by atoms with van der Waals surface area (Å²) in [5.74, 6) is 0. The molecule has 0 fully saturated rings. The molecular weight excluding hydrogens is 257 g/mol. The summed E-state index contributed by atoms with van der Waals surface area (Å²) < 4.78 is 38.8. The van der Waals surface area contributed by atoms with Crippen molar-refractivity contribution in [3.05, 3.63) is 23.8 Å². The summed E-state index contributed by atoms with van der Waals surface area (Å²) in [7, 11) is 0. The zero-order valence-electron chi connectivity index (χ0n) is 11.4. The summed E-state index contributed by atoms with van der Waals surface area (Å²) in [6.07, 6.45) is -4.51. The van der Waals surface area contributed by atoms with Crippen molar-refractivity contribution in [1.82, 2.24) is 0 Å². The van der Waals surface area contributed by atoms with Gasteiger partial charge in [-0.15, -0.1) is 0 Å². The monoisotopic (exact) mass is 276 g/mol. The van der Waals surface area contributed by atoms with Crippen LogP contribution in [0, 0.1) is 0 Å². The lowest BCUT2D eigenvalue weighted by Gasteiger charge is -2.39. The maximum absolute atomic E-state index is 12.9. The highest BCUT2D eigenvalue weighted by Gasteiger charge is 2.39. The van der Waals surface area contributed by atoms with E-state index >= 15 is 0 Å².